The van der Waals surface area contributed by atoms with Gasteiger partial charge in [-0.25, -0.2) is 9.97 Å². The largest absolute Gasteiger partial charge is 0.331 e. The summed E-state index contributed by atoms with van der Waals surface area (Å²) in [5.41, 5.74) is 2.57. The van der Waals surface area contributed by atoms with Crippen molar-refractivity contribution in [1.29, 1.82) is 0 Å². The number of imidazole rings is 1. The van der Waals surface area contributed by atoms with E-state index in [0.717, 1.165) is 60.1 Å². The van der Waals surface area contributed by atoms with Gasteiger partial charge in [-0.1, -0.05) is 44.7 Å². The van der Waals surface area contributed by atoms with Gasteiger partial charge in [0.25, 0.3) is 5.91 Å². The number of rotatable bonds is 8. The molecule has 0 spiro atoms. The molecule has 1 amide bonds. The third-order valence-electron chi connectivity index (χ3n) is 5.97. The minimum absolute atomic E-state index is 0.0524. The molecule has 1 fully saturated rings. The monoisotopic (exact) mass is 468 g/mol. The molecular formula is C24H29BrN4O. The maximum absolute atomic E-state index is 13.5. The van der Waals surface area contributed by atoms with E-state index >= 15 is 0 Å². The summed E-state index contributed by atoms with van der Waals surface area (Å²) in [5, 5.41) is 0. The van der Waals surface area contributed by atoms with E-state index in [-0.39, 0.29) is 5.91 Å². The predicted molar refractivity (Wildman–Crippen MR) is 123 cm³/mol. The smallest absolute Gasteiger partial charge is 0.255 e. The summed E-state index contributed by atoms with van der Waals surface area (Å²) in [6, 6.07) is 12.1. The van der Waals surface area contributed by atoms with Crippen LogP contribution in [0.1, 0.15) is 74.1 Å². The van der Waals surface area contributed by atoms with Crippen molar-refractivity contribution in [3.63, 3.8) is 0 Å². The molecule has 30 heavy (non-hydrogen) atoms. The van der Waals surface area contributed by atoms with Crippen molar-refractivity contribution < 1.29 is 4.79 Å². The lowest BCUT2D eigenvalue weighted by Crippen LogP contribution is -2.33. The minimum atomic E-state index is 0.0524. The van der Waals surface area contributed by atoms with Gasteiger partial charge in [-0.15, -0.1) is 0 Å². The molecule has 1 aliphatic rings. The Hall–Kier alpha value is -2.21. The first-order valence-electron chi connectivity index (χ1n) is 11.0. The van der Waals surface area contributed by atoms with Crippen molar-refractivity contribution in [3.05, 3.63) is 58.5 Å². The number of pyridine rings is 1. The molecule has 4 rings (SSSR count). The summed E-state index contributed by atoms with van der Waals surface area (Å²) < 4.78 is 3.14. The average Bonchev–Trinajstić information content (AvgIpc) is 3.40. The van der Waals surface area contributed by atoms with E-state index in [2.05, 4.69) is 32.4 Å². The molecular weight excluding hydrogens is 440 g/mol. The SMILES string of the molecule is CCCCCN(Cc1nc2cccnc2n1C1CCCC1)C(=O)c1ccccc1Br. The molecule has 0 aliphatic heterocycles. The number of fused-ring (bicyclic) bond motifs is 1. The normalized spacial score (nSPS) is 14.5. The fraction of sp³-hybridized carbons (Fsp3) is 0.458. The van der Waals surface area contributed by atoms with Gasteiger partial charge in [-0.3, -0.25) is 4.79 Å². The first-order chi connectivity index (χ1) is 14.7. The Morgan fingerprint density at radius 1 is 1.17 bits per heavy atom. The van der Waals surface area contributed by atoms with Crippen LogP contribution < -0.4 is 0 Å². The maximum atomic E-state index is 13.5. The summed E-state index contributed by atoms with van der Waals surface area (Å²) in [6.45, 7) is 3.43. The standard InChI is InChI=1S/C24H29BrN4O/c1-2-3-8-16-28(24(30)19-12-6-7-13-20(19)25)17-22-27-21-14-9-15-26-23(21)29(22)18-10-4-5-11-18/h6-7,9,12-15,18H,2-5,8,10-11,16-17H2,1H3. The maximum Gasteiger partial charge on any atom is 0.255 e. The zero-order valence-corrected chi connectivity index (χ0v) is 19.1. The molecule has 0 radical (unpaired) electrons. The number of nitrogens with zero attached hydrogens (tertiary/aromatic N) is 4. The fourth-order valence-electron chi connectivity index (χ4n) is 4.41. The number of halogens is 1. The van der Waals surface area contributed by atoms with Crippen LogP contribution in [0.25, 0.3) is 11.2 Å². The second-order valence-electron chi connectivity index (χ2n) is 8.10. The number of hydrogen-bond acceptors (Lipinski definition) is 3. The molecule has 2 aromatic heterocycles. The molecule has 0 unspecified atom stereocenters. The first-order valence-corrected chi connectivity index (χ1v) is 11.8. The summed E-state index contributed by atoms with van der Waals surface area (Å²) in [7, 11) is 0. The van der Waals surface area contributed by atoms with Crippen LogP contribution >= 0.6 is 15.9 Å². The van der Waals surface area contributed by atoms with Gasteiger partial charge in [0.15, 0.2) is 5.65 Å². The predicted octanol–water partition coefficient (Wildman–Crippen LogP) is 6.14. The molecule has 1 aliphatic carbocycles. The number of carbonyl (C=O) groups is 1. The fourth-order valence-corrected chi connectivity index (χ4v) is 4.87. The van der Waals surface area contributed by atoms with Crippen LogP contribution in [0.5, 0.6) is 0 Å². The Balaban J connectivity index is 1.68. The molecule has 158 valence electrons. The van der Waals surface area contributed by atoms with Gasteiger partial charge < -0.3 is 9.47 Å². The Labute approximate surface area is 186 Å². The van der Waals surface area contributed by atoms with Crippen molar-refractivity contribution in [2.45, 2.75) is 64.5 Å². The average molecular weight is 469 g/mol. The number of amides is 1. The molecule has 5 nitrogen and oxygen atoms in total. The van der Waals surface area contributed by atoms with E-state index < -0.39 is 0 Å². The lowest BCUT2D eigenvalue weighted by Gasteiger charge is -2.25. The number of unbranched alkanes of at least 4 members (excludes halogenated alkanes) is 2. The second-order valence-corrected chi connectivity index (χ2v) is 8.95. The highest BCUT2D eigenvalue weighted by molar-refractivity contribution is 9.10. The van der Waals surface area contributed by atoms with E-state index in [4.69, 9.17) is 4.98 Å². The molecule has 0 saturated heterocycles. The van der Waals surface area contributed by atoms with Gasteiger partial charge in [0.2, 0.25) is 0 Å². The highest BCUT2D eigenvalue weighted by Gasteiger charge is 2.26. The van der Waals surface area contributed by atoms with Crippen LogP contribution in [0.2, 0.25) is 0 Å². The van der Waals surface area contributed by atoms with E-state index in [1.54, 1.807) is 0 Å². The van der Waals surface area contributed by atoms with Gasteiger partial charge in [0, 0.05) is 23.3 Å². The van der Waals surface area contributed by atoms with Gasteiger partial charge in [-0.05, 0) is 59.5 Å². The first kappa shape index (κ1) is 21.0. The van der Waals surface area contributed by atoms with Gasteiger partial charge in [-0.2, -0.15) is 0 Å². The van der Waals surface area contributed by atoms with E-state index in [9.17, 15) is 4.79 Å². The Morgan fingerprint density at radius 2 is 1.97 bits per heavy atom. The third-order valence-corrected chi connectivity index (χ3v) is 6.66. The van der Waals surface area contributed by atoms with Crippen molar-refractivity contribution in [1.82, 2.24) is 19.4 Å². The number of carbonyl (C=O) groups excluding carboxylic acids is 1. The number of aromatic nitrogens is 3. The van der Waals surface area contributed by atoms with Crippen LogP contribution in [-0.2, 0) is 6.54 Å². The highest BCUT2D eigenvalue weighted by atomic mass is 79.9. The van der Waals surface area contributed by atoms with Crippen LogP contribution in [-0.4, -0.2) is 31.9 Å². The number of benzene rings is 1. The third kappa shape index (κ3) is 4.43. The lowest BCUT2D eigenvalue weighted by atomic mass is 10.1. The molecule has 0 bridgehead atoms. The molecule has 1 aromatic carbocycles. The van der Waals surface area contributed by atoms with Crippen molar-refractivity contribution in [2.24, 2.45) is 0 Å². The van der Waals surface area contributed by atoms with Gasteiger partial charge in [0.1, 0.15) is 11.3 Å². The molecule has 6 heteroatoms. The van der Waals surface area contributed by atoms with Crippen molar-refractivity contribution >= 4 is 33.0 Å². The van der Waals surface area contributed by atoms with Crippen LogP contribution in [0.15, 0.2) is 47.1 Å². The lowest BCUT2D eigenvalue weighted by molar-refractivity contribution is 0.0732. The van der Waals surface area contributed by atoms with E-state index in [0.29, 0.717) is 18.2 Å². The summed E-state index contributed by atoms with van der Waals surface area (Å²) in [4.78, 5) is 25.0. The molecule has 1 saturated carbocycles. The zero-order chi connectivity index (χ0) is 20.9. The van der Waals surface area contributed by atoms with E-state index in [1.807, 2.05) is 47.5 Å². The molecule has 0 N–H and O–H groups in total. The second kappa shape index (κ2) is 9.73. The van der Waals surface area contributed by atoms with Crippen LogP contribution in [0, 0.1) is 0 Å². The minimum Gasteiger partial charge on any atom is -0.331 e. The number of hydrogen-bond donors (Lipinski definition) is 0. The summed E-state index contributed by atoms with van der Waals surface area (Å²) in [6.07, 6.45) is 9.87. The Kier molecular flexibility index (Phi) is 6.82. The van der Waals surface area contributed by atoms with Crippen molar-refractivity contribution in [3.8, 4) is 0 Å². The van der Waals surface area contributed by atoms with Gasteiger partial charge >= 0.3 is 0 Å². The van der Waals surface area contributed by atoms with Gasteiger partial charge in [0.05, 0.1) is 12.1 Å². The van der Waals surface area contributed by atoms with Crippen molar-refractivity contribution in [2.75, 3.05) is 6.54 Å². The topological polar surface area (TPSA) is 51.0 Å². The van der Waals surface area contributed by atoms with E-state index in [1.165, 1.54) is 12.8 Å². The molecule has 3 aromatic rings. The summed E-state index contributed by atoms with van der Waals surface area (Å²) in [5.74, 6) is 1.00. The molecule has 0 atom stereocenters. The Bertz CT molecular complexity index is 1010. The zero-order valence-electron chi connectivity index (χ0n) is 17.6. The highest BCUT2D eigenvalue weighted by Crippen LogP contribution is 2.33. The van der Waals surface area contributed by atoms with Crippen LogP contribution in [0.4, 0.5) is 0 Å². The van der Waals surface area contributed by atoms with Crippen LogP contribution in [0.3, 0.4) is 0 Å². The molecule has 2 heterocycles. The summed E-state index contributed by atoms with van der Waals surface area (Å²) >= 11 is 3.55. The quantitative estimate of drug-likeness (QED) is 0.373. The Morgan fingerprint density at radius 3 is 2.73 bits per heavy atom.